The molecule has 0 heterocycles. The molecule has 2 aromatic carbocycles. The number of anilines is 1. The molecule has 0 aromatic heterocycles. The first-order chi connectivity index (χ1) is 9.90. The fourth-order valence-corrected chi connectivity index (χ4v) is 1.99. The number of rotatable bonds is 3. The van der Waals surface area contributed by atoms with Crippen LogP contribution in [0.25, 0.3) is 0 Å². The molecule has 5 nitrogen and oxygen atoms in total. The van der Waals surface area contributed by atoms with Gasteiger partial charge in [0.25, 0.3) is 11.6 Å². The van der Waals surface area contributed by atoms with Gasteiger partial charge in [-0.05, 0) is 31.2 Å². The van der Waals surface area contributed by atoms with Crippen LogP contribution >= 0.6 is 11.6 Å². The van der Waals surface area contributed by atoms with Crippen molar-refractivity contribution in [2.45, 2.75) is 6.92 Å². The lowest BCUT2D eigenvalue weighted by Gasteiger charge is -2.09. The molecule has 2 rings (SSSR count). The summed E-state index contributed by atoms with van der Waals surface area (Å²) >= 11 is 5.73. The SMILES string of the molecule is Cc1c(NC(=O)c2cc(Cl)ccc2F)cccc1[N+](=O)[O-]. The normalized spacial score (nSPS) is 10.2. The van der Waals surface area contributed by atoms with Crippen LogP contribution in [0.1, 0.15) is 15.9 Å². The lowest BCUT2D eigenvalue weighted by molar-refractivity contribution is -0.385. The van der Waals surface area contributed by atoms with Gasteiger partial charge in [0.05, 0.1) is 21.7 Å². The Labute approximate surface area is 124 Å². The maximum Gasteiger partial charge on any atom is 0.274 e. The first-order valence-electron chi connectivity index (χ1n) is 5.90. The van der Waals surface area contributed by atoms with Gasteiger partial charge >= 0.3 is 0 Å². The summed E-state index contributed by atoms with van der Waals surface area (Å²) in [6.07, 6.45) is 0. The van der Waals surface area contributed by atoms with Crippen molar-refractivity contribution in [3.8, 4) is 0 Å². The maximum atomic E-state index is 13.6. The Morgan fingerprint density at radius 2 is 2.05 bits per heavy atom. The highest BCUT2D eigenvalue weighted by Gasteiger charge is 2.17. The molecule has 0 aliphatic carbocycles. The number of hydrogen-bond donors (Lipinski definition) is 1. The van der Waals surface area contributed by atoms with Crippen LogP contribution < -0.4 is 5.32 Å². The molecule has 0 saturated heterocycles. The number of halogens is 2. The minimum Gasteiger partial charge on any atom is -0.321 e. The molecule has 2 aromatic rings. The van der Waals surface area contributed by atoms with Gasteiger partial charge in [-0.25, -0.2) is 4.39 Å². The fraction of sp³-hybridized carbons (Fsp3) is 0.0714. The molecule has 1 N–H and O–H groups in total. The zero-order chi connectivity index (χ0) is 15.6. The van der Waals surface area contributed by atoms with E-state index in [0.717, 1.165) is 6.07 Å². The number of nitro benzene ring substituents is 1. The van der Waals surface area contributed by atoms with Crippen LogP contribution in [0.4, 0.5) is 15.8 Å². The van der Waals surface area contributed by atoms with E-state index in [9.17, 15) is 19.3 Å². The molecule has 0 bridgehead atoms. The molecule has 0 saturated carbocycles. The molecule has 0 radical (unpaired) electrons. The minimum absolute atomic E-state index is 0.126. The van der Waals surface area contributed by atoms with Gasteiger partial charge in [-0.1, -0.05) is 17.7 Å². The Kier molecular flexibility index (Phi) is 4.18. The van der Waals surface area contributed by atoms with Crippen LogP contribution in [-0.2, 0) is 0 Å². The van der Waals surface area contributed by atoms with Gasteiger partial charge in [0.15, 0.2) is 0 Å². The first kappa shape index (κ1) is 14.9. The fourth-order valence-electron chi connectivity index (χ4n) is 1.82. The van der Waals surface area contributed by atoms with Crippen LogP contribution in [0.5, 0.6) is 0 Å². The lowest BCUT2D eigenvalue weighted by atomic mass is 10.1. The molecule has 0 aliphatic rings. The van der Waals surface area contributed by atoms with Crippen molar-refractivity contribution in [1.29, 1.82) is 0 Å². The number of amides is 1. The van der Waals surface area contributed by atoms with E-state index < -0.39 is 16.6 Å². The predicted octanol–water partition coefficient (Wildman–Crippen LogP) is 3.95. The van der Waals surface area contributed by atoms with E-state index in [0.29, 0.717) is 5.56 Å². The van der Waals surface area contributed by atoms with Crippen molar-refractivity contribution in [3.63, 3.8) is 0 Å². The van der Waals surface area contributed by atoms with E-state index in [1.807, 2.05) is 0 Å². The molecule has 0 atom stereocenters. The zero-order valence-electron chi connectivity index (χ0n) is 10.9. The summed E-state index contributed by atoms with van der Waals surface area (Å²) in [5.41, 5.74) is 0.180. The number of benzene rings is 2. The Morgan fingerprint density at radius 3 is 2.71 bits per heavy atom. The third-order valence-electron chi connectivity index (χ3n) is 2.92. The van der Waals surface area contributed by atoms with E-state index >= 15 is 0 Å². The summed E-state index contributed by atoms with van der Waals surface area (Å²) in [4.78, 5) is 22.3. The molecular weight excluding hydrogens is 299 g/mol. The van der Waals surface area contributed by atoms with E-state index in [2.05, 4.69) is 5.32 Å². The Balaban J connectivity index is 2.34. The topological polar surface area (TPSA) is 72.2 Å². The Bertz CT molecular complexity index is 734. The van der Waals surface area contributed by atoms with Crippen LogP contribution in [0, 0.1) is 22.9 Å². The smallest absolute Gasteiger partial charge is 0.274 e. The van der Waals surface area contributed by atoms with E-state index in [-0.39, 0.29) is 22.0 Å². The molecule has 21 heavy (non-hydrogen) atoms. The highest BCUT2D eigenvalue weighted by Crippen LogP contribution is 2.26. The number of nitrogens with zero attached hydrogens (tertiary/aromatic N) is 1. The average Bonchev–Trinajstić information content (AvgIpc) is 2.43. The molecule has 0 spiro atoms. The highest BCUT2D eigenvalue weighted by molar-refractivity contribution is 6.31. The van der Waals surface area contributed by atoms with Gasteiger partial charge in [0.2, 0.25) is 0 Å². The van der Waals surface area contributed by atoms with Crippen molar-refractivity contribution in [2.24, 2.45) is 0 Å². The van der Waals surface area contributed by atoms with E-state index in [4.69, 9.17) is 11.6 Å². The van der Waals surface area contributed by atoms with Crippen LogP contribution in [-0.4, -0.2) is 10.8 Å². The standard InChI is InChI=1S/C14H10ClFN2O3/c1-8-12(3-2-4-13(8)18(20)21)17-14(19)10-7-9(15)5-6-11(10)16/h2-7H,1H3,(H,17,19). The summed E-state index contributed by atoms with van der Waals surface area (Å²) in [6.45, 7) is 1.50. The van der Waals surface area contributed by atoms with Gasteiger partial charge in [0.1, 0.15) is 5.82 Å². The van der Waals surface area contributed by atoms with Crippen LogP contribution in [0.2, 0.25) is 5.02 Å². The monoisotopic (exact) mass is 308 g/mol. The second-order valence-corrected chi connectivity index (χ2v) is 4.72. The van der Waals surface area contributed by atoms with Crippen LogP contribution in [0.3, 0.4) is 0 Å². The number of carbonyl (C=O) groups is 1. The molecule has 0 unspecified atom stereocenters. The van der Waals surface area contributed by atoms with Crippen molar-refractivity contribution >= 4 is 28.9 Å². The summed E-state index contributed by atoms with van der Waals surface area (Å²) in [7, 11) is 0. The van der Waals surface area contributed by atoms with Gasteiger partial charge in [0, 0.05) is 11.1 Å². The second-order valence-electron chi connectivity index (χ2n) is 4.29. The van der Waals surface area contributed by atoms with Gasteiger partial charge < -0.3 is 5.32 Å². The number of hydrogen-bond acceptors (Lipinski definition) is 3. The minimum atomic E-state index is -0.724. The predicted molar refractivity (Wildman–Crippen MR) is 77.2 cm³/mol. The van der Waals surface area contributed by atoms with Gasteiger partial charge in [-0.15, -0.1) is 0 Å². The molecule has 108 valence electrons. The van der Waals surface area contributed by atoms with Crippen molar-refractivity contribution in [3.05, 3.63) is 68.5 Å². The van der Waals surface area contributed by atoms with Crippen molar-refractivity contribution < 1.29 is 14.1 Å². The number of carbonyl (C=O) groups excluding carboxylic acids is 1. The largest absolute Gasteiger partial charge is 0.321 e. The Morgan fingerprint density at radius 1 is 1.33 bits per heavy atom. The van der Waals surface area contributed by atoms with Gasteiger partial charge in [-0.2, -0.15) is 0 Å². The molecule has 1 amide bonds. The summed E-state index contributed by atoms with van der Waals surface area (Å²) in [6, 6.07) is 7.87. The highest BCUT2D eigenvalue weighted by atomic mass is 35.5. The van der Waals surface area contributed by atoms with Crippen molar-refractivity contribution in [2.75, 3.05) is 5.32 Å². The average molecular weight is 309 g/mol. The summed E-state index contributed by atoms with van der Waals surface area (Å²) in [5.74, 6) is -1.45. The third kappa shape index (κ3) is 3.17. The van der Waals surface area contributed by atoms with Crippen LogP contribution in [0.15, 0.2) is 36.4 Å². The third-order valence-corrected chi connectivity index (χ3v) is 3.16. The van der Waals surface area contributed by atoms with Gasteiger partial charge in [-0.3, -0.25) is 14.9 Å². The first-order valence-corrected chi connectivity index (χ1v) is 6.28. The molecular formula is C14H10ClFN2O3. The second kappa shape index (κ2) is 5.88. The lowest BCUT2D eigenvalue weighted by Crippen LogP contribution is -2.15. The molecule has 0 aliphatic heterocycles. The summed E-state index contributed by atoms with van der Waals surface area (Å²) < 4.78 is 13.6. The van der Waals surface area contributed by atoms with Crippen molar-refractivity contribution in [1.82, 2.24) is 0 Å². The van der Waals surface area contributed by atoms with E-state index in [1.54, 1.807) is 0 Å². The molecule has 7 heteroatoms. The van der Waals surface area contributed by atoms with E-state index in [1.165, 1.54) is 37.3 Å². The maximum absolute atomic E-state index is 13.6. The number of nitrogens with one attached hydrogen (secondary N) is 1. The zero-order valence-corrected chi connectivity index (χ0v) is 11.6. The quantitative estimate of drug-likeness (QED) is 0.689. The molecule has 0 fully saturated rings. The number of nitro groups is 1. The summed E-state index contributed by atoms with van der Waals surface area (Å²) in [5, 5.41) is 13.5. The Hall–Kier alpha value is -2.47.